The maximum Gasteiger partial charge on any atom is 0.0435 e. The van der Waals surface area contributed by atoms with Crippen LogP contribution in [0.4, 0.5) is 0 Å². The van der Waals surface area contributed by atoms with E-state index in [1.54, 1.807) is 0 Å². The number of nitrogens with zero attached hydrogens (tertiary/aromatic N) is 1. The largest absolute Gasteiger partial charge is 0.411 e. The summed E-state index contributed by atoms with van der Waals surface area (Å²) in [6.45, 7) is 2.10. The quantitative estimate of drug-likeness (QED) is 0.207. The summed E-state index contributed by atoms with van der Waals surface area (Å²) < 4.78 is 0. The molecule has 9 heavy (non-hydrogen) atoms. The van der Waals surface area contributed by atoms with Crippen LogP contribution in [-0.2, 0) is 0 Å². The minimum atomic E-state index is 0. The van der Waals surface area contributed by atoms with Crippen LogP contribution in [0.3, 0.4) is 0 Å². The molecule has 0 amide bonds. The molecule has 0 aromatic carbocycles. The molecule has 4 heteroatoms. The average Bonchev–Trinajstić information content (AvgIpc) is 1.69. The van der Waals surface area contributed by atoms with Crippen LogP contribution in [0.2, 0.25) is 0 Å². The summed E-state index contributed by atoms with van der Waals surface area (Å²) in [6, 6.07) is 0. The van der Waals surface area contributed by atoms with Gasteiger partial charge in [-0.2, -0.15) is 0 Å². The zero-order chi connectivity index (χ0) is 5.54. The van der Waals surface area contributed by atoms with Gasteiger partial charge in [-0.1, -0.05) is 13.3 Å². The second-order valence-electron chi connectivity index (χ2n) is 1.44. The molecule has 0 unspecified atom stereocenters. The van der Waals surface area contributed by atoms with Gasteiger partial charge in [0.1, 0.15) is 0 Å². The van der Waals surface area contributed by atoms with Crippen LogP contribution in [0.15, 0.2) is 5.16 Å². The van der Waals surface area contributed by atoms with Crippen molar-refractivity contribution < 1.29 is 5.21 Å². The number of unbranched alkanes of at least 4 members (excludes halogenated alkanes) is 2. The van der Waals surface area contributed by atoms with Gasteiger partial charge in [-0.3, -0.25) is 0 Å². The number of hydrogen-bond acceptors (Lipinski definition) is 2. The van der Waals surface area contributed by atoms with Gasteiger partial charge in [-0.05, 0) is 12.8 Å². The van der Waals surface area contributed by atoms with Crippen molar-refractivity contribution in [3.05, 3.63) is 0 Å². The Bertz CT molecular complexity index is 58.9. The van der Waals surface area contributed by atoms with Crippen molar-refractivity contribution in [3.63, 3.8) is 0 Å². The molecule has 0 aliphatic rings. The summed E-state index contributed by atoms with van der Waals surface area (Å²) >= 11 is 0. The Kier molecular flexibility index (Phi) is 30.3. The molecule has 0 spiro atoms. The van der Waals surface area contributed by atoms with Crippen LogP contribution in [0.5, 0.6) is 0 Å². The zero-order valence-corrected chi connectivity index (χ0v) is 10.6. The topological polar surface area (TPSA) is 32.6 Å². The maximum atomic E-state index is 7.86. The summed E-state index contributed by atoms with van der Waals surface area (Å²) in [4.78, 5) is 0. The summed E-state index contributed by atoms with van der Waals surface area (Å²) in [5, 5.41) is 10.7. The second-order valence-corrected chi connectivity index (χ2v) is 1.44. The fourth-order valence-electron chi connectivity index (χ4n) is 0.353. The molecular formula is C5H11NNa2O. The SMILES string of the molecule is CCCCC=NO.[Na].[Na]. The minimum absolute atomic E-state index is 0. The average molecular weight is 147 g/mol. The molecule has 1 N–H and O–H groups in total. The normalized spacial score (nSPS) is 8.11. The molecule has 0 fully saturated rings. The molecule has 0 aromatic rings. The molecule has 44 valence electrons. The van der Waals surface area contributed by atoms with E-state index >= 15 is 0 Å². The van der Waals surface area contributed by atoms with Gasteiger partial charge in [0.2, 0.25) is 0 Å². The fourth-order valence-corrected chi connectivity index (χ4v) is 0.353. The summed E-state index contributed by atoms with van der Waals surface area (Å²) in [7, 11) is 0. The summed E-state index contributed by atoms with van der Waals surface area (Å²) in [5.41, 5.74) is 0. The Morgan fingerprint density at radius 1 is 1.44 bits per heavy atom. The van der Waals surface area contributed by atoms with Crippen molar-refractivity contribution in [2.75, 3.05) is 0 Å². The van der Waals surface area contributed by atoms with Gasteiger partial charge in [0.05, 0.1) is 0 Å². The van der Waals surface area contributed by atoms with Crippen molar-refractivity contribution >= 4 is 65.3 Å². The first-order chi connectivity index (χ1) is 3.41. The second kappa shape index (κ2) is 16.2. The third-order valence-electron chi connectivity index (χ3n) is 0.768. The van der Waals surface area contributed by atoms with Gasteiger partial charge < -0.3 is 5.21 Å². The molecule has 0 aromatic heterocycles. The predicted octanol–water partition coefficient (Wildman–Crippen LogP) is 0.875. The maximum absolute atomic E-state index is 7.86. The summed E-state index contributed by atoms with van der Waals surface area (Å²) in [6.07, 6.45) is 4.69. The Morgan fingerprint density at radius 2 is 2.00 bits per heavy atom. The Morgan fingerprint density at radius 3 is 2.33 bits per heavy atom. The molecule has 0 rings (SSSR count). The Balaban J connectivity index is -0.000000180. The Labute approximate surface area is 101 Å². The van der Waals surface area contributed by atoms with Gasteiger partial charge in [0.25, 0.3) is 0 Å². The van der Waals surface area contributed by atoms with Gasteiger partial charge in [0.15, 0.2) is 0 Å². The minimum Gasteiger partial charge on any atom is -0.411 e. The number of oxime groups is 1. The van der Waals surface area contributed by atoms with E-state index in [9.17, 15) is 0 Å². The molecule has 0 atom stereocenters. The zero-order valence-electron chi connectivity index (χ0n) is 6.59. The fraction of sp³-hybridized carbons (Fsp3) is 0.800. The molecule has 0 saturated carbocycles. The number of rotatable bonds is 3. The van der Waals surface area contributed by atoms with Crippen LogP contribution >= 0.6 is 0 Å². The van der Waals surface area contributed by atoms with E-state index in [0.717, 1.165) is 19.3 Å². The van der Waals surface area contributed by atoms with Crippen molar-refractivity contribution in [1.29, 1.82) is 0 Å². The smallest absolute Gasteiger partial charge is 0.0435 e. The third kappa shape index (κ3) is 17.7. The first kappa shape index (κ1) is 16.8. The standard InChI is InChI=1S/C5H11NO.2Na/c1-2-3-4-5-6-7;;/h5,7H,2-4H2,1H3;;. The predicted molar refractivity (Wildman–Crippen MR) is 41.3 cm³/mol. The van der Waals surface area contributed by atoms with Crippen LogP contribution in [-0.4, -0.2) is 70.5 Å². The third-order valence-corrected chi connectivity index (χ3v) is 0.768. The van der Waals surface area contributed by atoms with E-state index in [0.29, 0.717) is 0 Å². The molecule has 0 saturated heterocycles. The van der Waals surface area contributed by atoms with E-state index < -0.39 is 0 Å². The molecule has 0 aliphatic carbocycles. The first-order valence-corrected chi connectivity index (χ1v) is 2.57. The Hall–Kier alpha value is 1.47. The van der Waals surface area contributed by atoms with Crippen molar-refractivity contribution in [2.45, 2.75) is 26.2 Å². The van der Waals surface area contributed by atoms with E-state index in [4.69, 9.17) is 5.21 Å². The van der Waals surface area contributed by atoms with Crippen LogP contribution in [0, 0.1) is 0 Å². The van der Waals surface area contributed by atoms with Gasteiger partial charge in [-0.15, -0.1) is 5.16 Å². The number of hydrogen-bond donors (Lipinski definition) is 1. The van der Waals surface area contributed by atoms with Gasteiger partial charge in [0, 0.05) is 65.3 Å². The van der Waals surface area contributed by atoms with E-state index in [2.05, 4.69) is 12.1 Å². The summed E-state index contributed by atoms with van der Waals surface area (Å²) in [5.74, 6) is 0. The monoisotopic (exact) mass is 147 g/mol. The molecule has 2 nitrogen and oxygen atoms in total. The molecule has 0 heterocycles. The van der Waals surface area contributed by atoms with Crippen molar-refractivity contribution in [2.24, 2.45) is 5.16 Å². The molecule has 2 radical (unpaired) electrons. The van der Waals surface area contributed by atoms with Crippen molar-refractivity contribution in [1.82, 2.24) is 0 Å². The van der Waals surface area contributed by atoms with E-state index in [-0.39, 0.29) is 59.1 Å². The first-order valence-electron chi connectivity index (χ1n) is 2.57. The molecular weight excluding hydrogens is 136 g/mol. The van der Waals surface area contributed by atoms with E-state index in [1.807, 2.05) is 0 Å². The van der Waals surface area contributed by atoms with Crippen LogP contribution in [0.1, 0.15) is 26.2 Å². The van der Waals surface area contributed by atoms with Crippen LogP contribution < -0.4 is 0 Å². The van der Waals surface area contributed by atoms with Gasteiger partial charge in [-0.25, -0.2) is 0 Å². The molecule has 0 bridgehead atoms. The van der Waals surface area contributed by atoms with Gasteiger partial charge >= 0.3 is 0 Å². The molecule has 0 aliphatic heterocycles. The van der Waals surface area contributed by atoms with Crippen LogP contribution in [0.25, 0.3) is 0 Å². The van der Waals surface area contributed by atoms with E-state index in [1.165, 1.54) is 6.21 Å². The van der Waals surface area contributed by atoms with Crippen molar-refractivity contribution in [3.8, 4) is 0 Å².